The molecular weight excluding hydrogens is 402 g/mol. The molecule has 1 saturated heterocycles. The van der Waals surface area contributed by atoms with Crippen molar-refractivity contribution in [1.82, 2.24) is 15.1 Å². The van der Waals surface area contributed by atoms with E-state index in [4.69, 9.17) is 4.74 Å². The molecule has 1 atom stereocenters. The highest BCUT2D eigenvalue weighted by Crippen LogP contribution is 2.29. The average molecular weight is 436 g/mol. The minimum Gasteiger partial charge on any atom is -0.492 e. The van der Waals surface area contributed by atoms with Gasteiger partial charge in [-0.2, -0.15) is 0 Å². The molecule has 0 radical (unpaired) electrons. The van der Waals surface area contributed by atoms with Crippen LogP contribution in [0.25, 0.3) is 0 Å². The van der Waals surface area contributed by atoms with E-state index in [0.29, 0.717) is 19.7 Å². The highest BCUT2D eigenvalue weighted by Gasteiger charge is 2.24. The molecule has 170 valence electrons. The van der Waals surface area contributed by atoms with Gasteiger partial charge >= 0.3 is 0 Å². The Bertz CT molecular complexity index is 894. The third-order valence-electron chi connectivity index (χ3n) is 6.42. The molecular formula is C26H33N3O3. The molecule has 1 unspecified atom stereocenters. The van der Waals surface area contributed by atoms with Crippen molar-refractivity contribution < 1.29 is 14.3 Å². The van der Waals surface area contributed by atoms with E-state index in [1.165, 1.54) is 11.1 Å². The van der Waals surface area contributed by atoms with Gasteiger partial charge in [0.25, 0.3) is 0 Å². The summed E-state index contributed by atoms with van der Waals surface area (Å²) in [5.74, 6) is 0.928. The number of amides is 2. The maximum Gasteiger partial charge on any atom is 0.223 e. The second kappa shape index (κ2) is 11.1. The first-order valence-corrected chi connectivity index (χ1v) is 11.7. The van der Waals surface area contributed by atoms with Crippen LogP contribution in [0.2, 0.25) is 0 Å². The lowest BCUT2D eigenvalue weighted by Gasteiger charge is -2.34. The monoisotopic (exact) mass is 435 g/mol. The predicted molar refractivity (Wildman–Crippen MR) is 124 cm³/mol. The molecule has 1 N–H and O–H groups in total. The summed E-state index contributed by atoms with van der Waals surface area (Å²) >= 11 is 0. The highest BCUT2D eigenvalue weighted by molar-refractivity contribution is 5.84. The molecule has 1 fully saturated rings. The molecule has 0 spiro atoms. The van der Waals surface area contributed by atoms with Crippen molar-refractivity contribution in [2.75, 3.05) is 39.3 Å². The van der Waals surface area contributed by atoms with Gasteiger partial charge < -0.3 is 15.0 Å². The summed E-state index contributed by atoms with van der Waals surface area (Å²) in [5.41, 5.74) is 2.55. The van der Waals surface area contributed by atoms with E-state index in [2.05, 4.69) is 28.4 Å². The van der Waals surface area contributed by atoms with Gasteiger partial charge in [0.05, 0.1) is 6.04 Å². The Morgan fingerprint density at radius 1 is 0.938 bits per heavy atom. The van der Waals surface area contributed by atoms with Crippen LogP contribution in [0.3, 0.4) is 0 Å². The molecule has 2 aromatic rings. The van der Waals surface area contributed by atoms with Crippen LogP contribution in [0.1, 0.15) is 42.9 Å². The molecule has 0 bridgehead atoms. The van der Waals surface area contributed by atoms with Crippen molar-refractivity contribution in [2.24, 2.45) is 0 Å². The van der Waals surface area contributed by atoms with Gasteiger partial charge in [0.15, 0.2) is 0 Å². The molecule has 2 aromatic carbocycles. The number of aryl methyl sites for hydroxylation is 1. The van der Waals surface area contributed by atoms with Gasteiger partial charge in [-0.05, 0) is 42.5 Å². The van der Waals surface area contributed by atoms with E-state index < -0.39 is 0 Å². The maximum absolute atomic E-state index is 12.6. The Morgan fingerprint density at radius 2 is 1.69 bits per heavy atom. The zero-order chi connectivity index (χ0) is 22.2. The summed E-state index contributed by atoms with van der Waals surface area (Å²) in [4.78, 5) is 29.3. The van der Waals surface area contributed by atoms with Crippen LogP contribution in [0.15, 0.2) is 54.6 Å². The van der Waals surface area contributed by atoms with Gasteiger partial charge in [-0.25, -0.2) is 0 Å². The van der Waals surface area contributed by atoms with Gasteiger partial charge in [-0.3, -0.25) is 14.5 Å². The number of rotatable bonds is 8. The van der Waals surface area contributed by atoms with Crippen molar-refractivity contribution in [1.29, 1.82) is 0 Å². The minimum atomic E-state index is -0.0308. The van der Waals surface area contributed by atoms with Gasteiger partial charge in [0, 0.05) is 45.6 Å². The van der Waals surface area contributed by atoms with E-state index in [0.717, 1.165) is 44.6 Å². The second-order valence-electron chi connectivity index (χ2n) is 8.60. The number of hydrogen-bond acceptors (Lipinski definition) is 4. The van der Waals surface area contributed by atoms with Crippen LogP contribution in [-0.2, 0) is 16.0 Å². The fourth-order valence-electron chi connectivity index (χ4n) is 4.58. The summed E-state index contributed by atoms with van der Waals surface area (Å²) < 4.78 is 5.77. The number of carbonyl (C=O) groups excluding carboxylic acids is 2. The van der Waals surface area contributed by atoms with E-state index in [9.17, 15) is 9.59 Å². The smallest absolute Gasteiger partial charge is 0.223 e. The van der Waals surface area contributed by atoms with Crippen LogP contribution in [0.5, 0.6) is 5.75 Å². The van der Waals surface area contributed by atoms with E-state index in [1.807, 2.05) is 41.3 Å². The van der Waals surface area contributed by atoms with E-state index in [-0.39, 0.29) is 30.7 Å². The minimum absolute atomic E-state index is 0.0308. The number of nitrogens with one attached hydrogen (secondary N) is 1. The van der Waals surface area contributed by atoms with Crippen LogP contribution in [0, 0.1) is 0 Å². The van der Waals surface area contributed by atoms with Gasteiger partial charge in [-0.1, -0.05) is 42.5 Å². The maximum atomic E-state index is 12.6. The van der Waals surface area contributed by atoms with E-state index in [1.54, 1.807) is 0 Å². The Kier molecular flexibility index (Phi) is 7.77. The van der Waals surface area contributed by atoms with Crippen molar-refractivity contribution in [3.05, 3.63) is 65.7 Å². The topological polar surface area (TPSA) is 61.9 Å². The average Bonchev–Trinajstić information content (AvgIpc) is 2.84. The largest absolute Gasteiger partial charge is 0.492 e. The fraction of sp³-hybridized carbons (Fsp3) is 0.462. The van der Waals surface area contributed by atoms with Crippen LogP contribution in [0.4, 0.5) is 0 Å². The SMILES string of the molecule is O=C(CCC(=O)N1CCN(CCOc2ccccc2)CC1)NC1CCCc2ccccc21. The molecule has 32 heavy (non-hydrogen) atoms. The van der Waals surface area contributed by atoms with Crippen LogP contribution < -0.4 is 10.1 Å². The normalized spacial score (nSPS) is 18.6. The number of fused-ring (bicyclic) bond motifs is 1. The lowest BCUT2D eigenvalue weighted by molar-refractivity contribution is -0.135. The molecule has 1 heterocycles. The zero-order valence-electron chi connectivity index (χ0n) is 18.7. The molecule has 1 aliphatic heterocycles. The standard InChI is InChI=1S/C26H33N3O3/c30-25(27-24-12-6-8-21-7-4-5-11-23(21)24)13-14-26(31)29-17-15-28(16-18-29)19-20-32-22-9-2-1-3-10-22/h1-5,7,9-11,24H,6,8,12-20H2,(H,27,30). The molecule has 6 heteroatoms. The number of benzene rings is 2. The summed E-state index contributed by atoms with van der Waals surface area (Å²) in [6, 6.07) is 18.2. The first kappa shape index (κ1) is 22.3. The van der Waals surface area contributed by atoms with Crippen LogP contribution >= 0.6 is 0 Å². The molecule has 0 saturated carbocycles. The third kappa shape index (κ3) is 6.10. The number of piperazine rings is 1. The van der Waals surface area contributed by atoms with Gasteiger partial charge in [0.1, 0.15) is 12.4 Å². The third-order valence-corrected chi connectivity index (χ3v) is 6.42. The zero-order valence-corrected chi connectivity index (χ0v) is 18.7. The van der Waals surface area contributed by atoms with Gasteiger partial charge in [-0.15, -0.1) is 0 Å². The first-order chi connectivity index (χ1) is 15.7. The molecule has 4 rings (SSSR count). The summed E-state index contributed by atoms with van der Waals surface area (Å²) in [5, 5.41) is 3.15. The molecule has 0 aromatic heterocycles. The number of carbonyl (C=O) groups is 2. The summed E-state index contributed by atoms with van der Waals surface area (Å²) in [6.45, 7) is 4.60. The molecule has 1 aliphatic carbocycles. The Morgan fingerprint density at radius 3 is 2.50 bits per heavy atom. The summed E-state index contributed by atoms with van der Waals surface area (Å²) in [6.07, 6.45) is 3.65. The van der Waals surface area contributed by atoms with Crippen molar-refractivity contribution in [2.45, 2.75) is 38.1 Å². The Hall–Kier alpha value is -2.86. The van der Waals surface area contributed by atoms with E-state index >= 15 is 0 Å². The lowest BCUT2D eigenvalue weighted by atomic mass is 9.87. The molecule has 2 aliphatic rings. The Balaban J connectivity index is 1.14. The number of hydrogen-bond donors (Lipinski definition) is 1. The first-order valence-electron chi connectivity index (χ1n) is 11.7. The second-order valence-corrected chi connectivity index (χ2v) is 8.60. The number of para-hydroxylation sites is 1. The van der Waals surface area contributed by atoms with Gasteiger partial charge in [0.2, 0.25) is 11.8 Å². The summed E-state index contributed by atoms with van der Waals surface area (Å²) in [7, 11) is 0. The number of ether oxygens (including phenoxy) is 1. The highest BCUT2D eigenvalue weighted by atomic mass is 16.5. The lowest BCUT2D eigenvalue weighted by Crippen LogP contribution is -2.49. The Labute approximate surface area is 190 Å². The van der Waals surface area contributed by atoms with Crippen molar-refractivity contribution in [3.8, 4) is 5.75 Å². The molecule has 6 nitrogen and oxygen atoms in total. The fourth-order valence-corrected chi connectivity index (χ4v) is 4.58. The quantitative estimate of drug-likeness (QED) is 0.692. The van der Waals surface area contributed by atoms with Crippen LogP contribution in [-0.4, -0.2) is 60.9 Å². The van der Waals surface area contributed by atoms with Crippen molar-refractivity contribution >= 4 is 11.8 Å². The predicted octanol–water partition coefficient (Wildman–Crippen LogP) is 3.18. The molecule has 2 amide bonds. The van der Waals surface area contributed by atoms with Crippen molar-refractivity contribution in [3.63, 3.8) is 0 Å². The number of nitrogens with zero attached hydrogens (tertiary/aromatic N) is 2.